The molecule has 0 spiro atoms. The summed E-state index contributed by atoms with van der Waals surface area (Å²) in [6, 6.07) is 8.37. The van der Waals surface area contributed by atoms with E-state index in [1.807, 2.05) is 6.07 Å². The van der Waals surface area contributed by atoms with Gasteiger partial charge >= 0.3 is 0 Å². The monoisotopic (exact) mass is 258 g/mol. The van der Waals surface area contributed by atoms with Crippen LogP contribution in [0.1, 0.15) is 12.0 Å². The molecule has 16 heavy (non-hydrogen) atoms. The Hall–Kier alpha value is -1.25. The molecule has 0 unspecified atom stereocenters. The first-order valence-electron chi connectivity index (χ1n) is 4.64. The van der Waals surface area contributed by atoms with Crippen molar-refractivity contribution in [1.29, 1.82) is 5.26 Å². The van der Waals surface area contributed by atoms with Crippen molar-refractivity contribution in [2.45, 2.75) is 6.42 Å². The number of halogens is 1. The van der Waals surface area contributed by atoms with Gasteiger partial charge in [0.2, 0.25) is 10.0 Å². The zero-order valence-electron chi connectivity index (χ0n) is 8.48. The maximum absolute atomic E-state index is 11.5. The van der Waals surface area contributed by atoms with Gasteiger partial charge in [0.05, 0.1) is 17.0 Å². The number of rotatable bonds is 5. The summed E-state index contributed by atoms with van der Waals surface area (Å²) >= 11 is 5.42. The van der Waals surface area contributed by atoms with Crippen molar-refractivity contribution >= 4 is 27.3 Å². The van der Waals surface area contributed by atoms with E-state index in [1.54, 1.807) is 24.3 Å². The van der Waals surface area contributed by atoms with Gasteiger partial charge in [-0.25, -0.2) is 8.42 Å². The van der Waals surface area contributed by atoms with Gasteiger partial charge < -0.3 is 0 Å². The molecule has 0 saturated heterocycles. The number of benzene rings is 1. The van der Waals surface area contributed by atoms with Crippen molar-refractivity contribution in [3.63, 3.8) is 0 Å². The van der Waals surface area contributed by atoms with Gasteiger partial charge in [-0.3, -0.25) is 4.72 Å². The molecular formula is C10H11ClN2O2S. The number of sulfonamides is 1. The predicted molar refractivity (Wildman–Crippen MR) is 63.9 cm³/mol. The summed E-state index contributed by atoms with van der Waals surface area (Å²) in [6.45, 7) is 0. The van der Waals surface area contributed by atoms with Crippen molar-refractivity contribution in [3.05, 3.63) is 29.8 Å². The van der Waals surface area contributed by atoms with E-state index in [0.717, 1.165) is 0 Å². The highest BCUT2D eigenvalue weighted by Gasteiger charge is 2.11. The smallest absolute Gasteiger partial charge is 0.232 e. The maximum atomic E-state index is 11.5. The highest BCUT2D eigenvalue weighted by Crippen LogP contribution is 2.15. The topological polar surface area (TPSA) is 70.0 Å². The standard InChI is InChI=1S/C10H11ClN2O2S/c11-6-3-7-16(14,15)13-10-5-2-1-4-9(10)8-12/h1-2,4-5,13H,3,6-7H2. The van der Waals surface area contributed by atoms with E-state index >= 15 is 0 Å². The minimum Gasteiger partial charge on any atom is -0.282 e. The Morgan fingerprint density at radius 3 is 2.69 bits per heavy atom. The first-order valence-corrected chi connectivity index (χ1v) is 6.83. The van der Waals surface area contributed by atoms with Crippen LogP contribution in [-0.2, 0) is 10.0 Å². The van der Waals surface area contributed by atoms with Gasteiger partial charge in [-0.1, -0.05) is 12.1 Å². The SMILES string of the molecule is N#Cc1ccccc1NS(=O)(=O)CCCCl. The van der Waals surface area contributed by atoms with E-state index in [1.165, 1.54) is 0 Å². The third-order valence-corrected chi connectivity index (χ3v) is 3.48. The predicted octanol–water partition coefficient (Wildman–Crippen LogP) is 1.93. The van der Waals surface area contributed by atoms with Crippen LogP contribution in [0, 0.1) is 11.3 Å². The summed E-state index contributed by atoms with van der Waals surface area (Å²) in [5.74, 6) is 0.247. The molecule has 86 valence electrons. The molecule has 6 heteroatoms. The van der Waals surface area contributed by atoms with Gasteiger partial charge in [0.1, 0.15) is 6.07 Å². The number of nitrogens with zero attached hydrogens (tertiary/aromatic N) is 1. The molecule has 0 heterocycles. The molecule has 0 bridgehead atoms. The molecule has 0 aliphatic rings. The molecule has 0 aliphatic heterocycles. The zero-order valence-corrected chi connectivity index (χ0v) is 10.1. The Kier molecular flexibility index (Phi) is 4.59. The lowest BCUT2D eigenvalue weighted by atomic mass is 10.2. The molecule has 0 aliphatic carbocycles. The van der Waals surface area contributed by atoms with Crippen LogP contribution < -0.4 is 4.72 Å². The minimum atomic E-state index is -3.41. The average Bonchev–Trinajstić information content (AvgIpc) is 2.27. The average molecular weight is 259 g/mol. The molecule has 0 atom stereocenters. The van der Waals surface area contributed by atoms with E-state index in [2.05, 4.69) is 4.72 Å². The molecule has 0 aromatic heterocycles. The molecule has 0 radical (unpaired) electrons. The lowest BCUT2D eigenvalue weighted by molar-refractivity contribution is 0.600. The second-order valence-electron chi connectivity index (χ2n) is 3.12. The normalized spacial score (nSPS) is 10.8. The fourth-order valence-electron chi connectivity index (χ4n) is 1.13. The maximum Gasteiger partial charge on any atom is 0.232 e. The summed E-state index contributed by atoms with van der Waals surface area (Å²) in [5, 5.41) is 8.79. The highest BCUT2D eigenvalue weighted by molar-refractivity contribution is 7.92. The van der Waals surface area contributed by atoms with Gasteiger partial charge in [0, 0.05) is 5.88 Å². The Morgan fingerprint density at radius 1 is 1.38 bits per heavy atom. The first kappa shape index (κ1) is 12.8. The lowest BCUT2D eigenvalue weighted by Crippen LogP contribution is -2.17. The number of anilines is 1. The molecule has 0 saturated carbocycles. The Labute approximate surface area is 99.9 Å². The fraction of sp³-hybridized carbons (Fsp3) is 0.300. The number of nitriles is 1. The summed E-state index contributed by atoms with van der Waals surface area (Å²) < 4.78 is 25.5. The van der Waals surface area contributed by atoms with E-state index in [4.69, 9.17) is 16.9 Å². The zero-order chi connectivity index (χ0) is 12.0. The van der Waals surface area contributed by atoms with Crippen LogP contribution >= 0.6 is 11.6 Å². The summed E-state index contributed by atoms with van der Waals surface area (Å²) in [7, 11) is -3.41. The minimum absolute atomic E-state index is 0.0454. The number of nitrogens with one attached hydrogen (secondary N) is 1. The summed E-state index contributed by atoms with van der Waals surface area (Å²) in [6.07, 6.45) is 0.381. The fourth-order valence-corrected chi connectivity index (χ4v) is 2.56. The van der Waals surface area contributed by atoms with Gasteiger partial charge in [-0.15, -0.1) is 11.6 Å². The summed E-state index contributed by atoms with van der Waals surface area (Å²) in [4.78, 5) is 0. The molecule has 0 fully saturated rings. The van der Waals surface area contributed by atoms with Crippen LogP contribution in [0.25, 0.3) is 0 Å². The van der Waals surface area contributed by atoms with Crippen LogP contribution in [0.5, 0.6) is 0 Å². The van der Waals surface area contributed by atoms with Crippen molar-refractivity contribution in [1.82, 2.24) is 0 Å². The Bertz CT molecular complexity index is 494. The van der Waals surface area contributed by atoms with Crippen LogP contribution in [0.2, 0.25) is 0 Å². The van der Waals surface area contributed by atoms with Gasteiger partial charge in [0.25, 0.3) is 0 Å². The molecule has 0 amide bonds. The molecule has 1 aromatic rings. The second-order valence-corrected chi connectivity index (χ2v) is 5.34. The molecule has 1 rings (SSSR count). The quantitative estimate of drug-likeness (QED) is 0.821. The van der Waals surface area contributed by atoms with Crippen LogP contribution in [-0.4, -0.2) is 20.1 Å². The van der Waals surface area contributed by atoms with Crippen LogP contribution in [0.15, 0.2) is 24.3 Å². The number of hydrogen-bond donors (Lipinski definition) is 1. The number of para-hydroxylation sites is 1. The number of alkyl halides is 1. The molecule has 1 N–H and O–H groups in total. The Balaban J connectivity index is 2.85. The molecule has 4 nitrogen and oxygen atoms in total. The number of hydrogen-bond acceptors (Lipinski definition) is 3. The van der Waals surface area contributed by atoms with Gasteiger partial charge in [-0.05, 0) is 18.6 Å². The third kappa shape index (κ3) is 3.72. The van der Waals surface area contributed by atoms with Crippen molar-refractivity contribution < 1.29 is 8.42 Å². The second kappa shape index (κ2) is 5.73. The molecule has 1 aromatic carbocycles. The van der Waals surface area contributed by atoms with E-state index in [9.17, 15) is 8.42 Å². The van der Waals surface area contributed by atoms with Crippen molar-refractivity contribution in [2.75, 3.05) is 16.4 Å². The van der Waals surface area contributed by atoms with Crippen LogP contribution in [0.3, 0.4) is 0 Å². The largest absolute Gasteiger partial charge is 0.282 e. The first-order chi connectivity index (χ1) is 7.59. The van der Waals surface area contributed by atoms with E-state index in [-0.39, 0.29) is 5.75 Å². The van der Waals surface area contributed by atoms with Crippen molar-refractivity contribution in [2.24, 2.45) is 0 Å². The van der Waals surface area contributed by atoms with Gasteiger partial charge in [-0.2, -0.15) is 5.26 Å². The van der Waals surface area contributed by atoms with E-state index in [0.29, 0.717) is 23.6 Å². The third-order valence-electron chi connectivity index (χ3n) is 1.86. The van der Waals surface area contributed by atoms with E-state index < -0.39 is 10.0 Å². The van der Waals surface area contributed by atoms with Crippen molar-refractivity contribution in [3.8, 4) is 6.07 Å². The van der Waals surface area contributed by atoms with Gasteiger partial charge in [0.15, 0.2) is 0 Å². The summed E-state index contributed by atoms with van der Waals surface area (Å²) in [5.41, 5.74) is 0.608. The van der Waals surface area contributed by atoms with Crippen LogP contribution in [0.4, 0.5) is 5.69 Å². The molecular weight excluding hydrogens is 248 g/mol. The Morgan fingerprint density at radius 2 is 2.06 bits per heavy atom. The lowest BCUT2D eigenvalue weighted by Gasteiger charge is -2.08. The highest BCUT2D eigenvalue weighted by atomic mass is 35.5.